The molecule has 28 heavy (non-hydrogen) atoms. The van der Waals surface area contributed by atoms with Gasteiger partial charge in [-0.25, -0.2) is 19.7 Å². The Morgan fingerprint density at radius 2 is 1.71 bits per heavy atom. The van der Waals surface area contributed by atoms with Crippen LogP contribution in [0.2, 0.25) is 0 Å². The maximum atomic E-state index is 12.9. The van der Waals surface area contributed by atoms with Crippen molar-refractivity contribution in [3.63, 3.8) is 0 Å². The van der Waals surface area contributed by atoms with Crippen molar-refractivity contribution in [1.82, 2.24) is 5.32 Å². The van der Waals surface area contributed by atoms with Gasteiger partial charge in [-0.3, -0.25) is 9.97 Å². The molecule has 0 heterocycles. The number of nitrogens with one attached hydrogen (secondary N) is 2. The van der Waals surface area contributed by atoms with Gasteiger partial charge in [0, 0.05) is 13.5 Å². The fraction of sp³-hybridized carbons (Fsp3) is 0.769. The highest BCUT2D eigenvalue weighted by Gasteiger charge is 2.68. The van der Waals surface area contributed by atoms with Gasteiger partial charge in [0.25, 0.3) is 10.8 Å². The van der Waals surface area contributed by atoms with E-state index < -0.39 is 46.9 Å². The van der Waals surface area contributed by atoms with Gasteiger partial charge in [0.2, 0.25) is 0 Å². The minimum absolute atomic E-state index is 0.0222. The highest BCUT2D eigenvalue weighted by atomic mass is 31.2. The zero-order valence-electron chi connectivity index (χ0n) is 15.8. The van der Waals surface area contributed by atoms with Gasteiger partial charge in [0.1, 0.15) is 12.1 Å². The number of amides is 2. The summed E-state index contributed by atoms with van der Waals surface area (Å²) in [5, 5.41) is 20.0. The highest BCUT2D eigenvalue weighted by molar-refractivity contribution is 7.52. The number of quaternary nitrogens is 1. The van der Waals surface area contributed by atoms with Crippen molar-refractivity contribution in [2.45, 2.75) is 57.4 Å². The van der Waals surface area contributed by atoms with Crippen molar-refractivity contribution in [3.05, 3.63) is 10.1 Å². The third-order valence-corrected chi connectivity index (χ3v) is 5.51. The van der Waals surface area contributed by atoms with E-state index in [-0.39, 0.29) is 31.8 Å². The molecule has 0 aliphatic rings. The Balaban J connectivity index is 6.03. The molecule has 0 aliphatic carbocycles. The lowest BCUT2D eigenvalue weighted by Crippen LogP contribution is -2.71. The molecule has 0 radical (unpaired) electrons. The summed E-state index contributed by atoms with van der Waals surface area (Å²) in [6, 6.07) is -3.06. The van der Waals surface area contributed by atoms with Crippen LogP contribution in [0.5, 0.6) is 0 Å². The van der Waals surface area contributed by atoms with Crippen LogP contribution in [0.1, 0.15) is 39.5 Å². The summed E-state index contributed by atoms with van der Waals surface area (Å²) in [6.45, 7) is 2.52. The van der Waals surface area contributed by atoms with E-state index in [0.29, 0.717) is 6.42 Å². The van der Waals surface area contributed by atoms with Crippen molar-refractivity contribution in [2.75, 3.05) is 6.54 Å². The van der Waals surface area contributed by atoms with Crippen LogP contribution in [0.4, 0.5) is 0 Å². The minimum Gasteiger partial charge on any atom is -0.370 e. The third kappa shape index (κ3) is 6.02. The van der Waals surface area contributed by atoms with Crippen LogP contribution in [-0.2, 0) is 14.2 Å². The van der Waals surface area contributed by atoms with E-state index in [1.807, 2.05) is 0 Å². The summed E-state index contributed by atoms with van der Waals surface area (Å²) in [7, 11) is -5.26. The second-order valence-corrected chi connectivity index (χ2v) is 8.23. The second-order valence-electron chi connectivity index (χ2n) is 6.31. The lowest BCUT2D eigenvalue weighted by Gasteiger charge is -2.30. The number of hydrogen-bond donors (Lipinski definition) is 7. The van der Waals surface area contributed by atoms with Gasteiger partial charge in [-0.15, -0.1) is 0 Å². The number of nitrogens with two attached hydrogens (primary N) is 3. The fourth-order valence-electron chi connectivity index (χ4n) is 2.60. The number of hydrogen-bond acceptors (Lipinski definition) is 8. The molecule has 14 nitrogen and oxygen atoms in total. The van der Waals surface area contributed by atoms with E-state index in [1.165, 1.54) is 0 Å². The summed E-state index contributed by atoms with van der Waals surface area (Å²) in [5.74, 6) is -5.55. The molecule has 15 heteroatoms. The van der Waals surface area contributed by atoms with Crippen LogP contribution in [-0.4, -0.2) is 61.6 Å². The third-order valence-electron chi connectivity index (χ3n) is 4.20. The topological polar surface area (TPSA) is 249 Å². The molecule has 10 N–H and O–H groups in total. The molecule has 1 unspecified atom stereocenters. The van der Waals surface area contributed by atoms with Crippen LogP contribution in [0.15, 0.2) is 0 Å². The molecule has 0 aromatic heterocycles. The Bertz CT molecular complexity index is 655. The minimum atomic E-state index is -5.26. The Kier molecular flexibility index (Phi) is 9.81. The number of guanidine groups is 1. The molecular weight excluding hydrogens is 397 g/mol. The molecule has 162 valence electrons. The molecule has 0 spiro atoms. The Morgan fingerprint density at radius 1 is 1.25 bits per heavy atom. The van der Waals surface area contributed by atoms with Crippen molar-refractivity contribution < 1.29 is 33.6 Å². The fourth-order valence-corrected chi connectivity index (χ4v) is 3.35. The summed E-state index contributed by atoms with van der Waals surface area (Å²) in [5.41, 5.74) is 16.5. The molecule has 0 aromatic rings. The first kappa shape index (κ1) is 26.0. The average molecular weight is 426 g/mol. The SMILES string of the molecule is CCC[C@H](N)C(=O)[N+](C(=O)[C@@H](N)CCCNC(=N)N)([C@@H](C)P(=O)(O)O)[N+](=O)[O-]. The predicted molar refractivity (Wildman–Crippen MR) is 98.8 cm³/mol. The van der Waals surface area contributed by atoms with Crippen LogP contribution in [0.3, 0.4) is 0 Å². The maximum absolute atomic E-state index is 12.9. The van der Waals surface area contributed by atoms with Crippen LogP contribution in [0.25, 0.3) is 0 Å². The number of nitro groups is 1. The van der Waals surface area contributed by atoms with Gasteiger partial charge in [-0.1, -0.05) is 13.3 Å². The van der Waals surface area contributed by atoms with Crippen LogP contribution < -0.4 is 22.5 Å². The summed E-state index contributed by atoms with van der Waals surface area (Å²) in [6.07, 6.45) is 0.332. The zero-order valence-corrected chi connectivity index (χ0v) is 16.7. The van der Waals surface area contributed by atoms with E-state index in [1.54, 1.807) is 6.92 Å². The van der Waals surface area contributed by atoms with E-state index in [2.05, 4.69) is 5.32 Å². The first-order valence-corrected chi connectivity index (χ1v) is 10.2. The number of nitrogens with zero attached hydrogens (tertiary/aromatic N) is 2. The molecule has 0 fully saturated rings. The molecule has 0 aliphatic heterocycles. The molecule has 4 atom stereocenters. The quantitative estimate of drug-likeness (QED) is 0.0372. The van der Waals surface area contributed by atoms with Gasteiger partial charge >= 0.3 is 19.4 Å². The smallest absolute Gasteiger partial charge is 0.370 e. The number of carbonyl (C=O) groups is 2. The van der Waals surface area contributed by atoms with Gasteiger partial charge in [-0.2, -0.15) is 0 Å². The Hall–Kier alpha value is -1.96. The molecule has 0 bridgehead atoms. The highest BCUT2D eigenvalue weighted by Crippen LogP contribution is 2.47. The first-order chi connectivity index (χ1) is 12.7. The molecule has 0 rings (SSSR count). The lowest BCUT2D eigenvalue weighted by molar-refractivity contribution is -1.24. The van der Waals surface area contributed by atoms with Crippen molar-refractivity contribution in [1.29, 1.82) is 5.41 Å². The van der Waals surface area contributed by atoms with E-state index >= 15 is 0 Å². The molecule has 0 saturated carbocycles. The largest absolute Gasteiger partial charge is 0.399 e. The number of carbonyl (C=O) groups excluding carboxylic acids is 2. The van der Waals surface area contributed by atoms with Gasteiger partial charge in [-0.05, 0) is 19.3 Å². The molecule has 0 saturated heterocycles. The summed E-state index contributed by atoms with van der Waals surface area (Å²) in [4.78, 5) is 56.5. The van der Waals surface area contributed by atoms with E-state index in [0.717, 1.165) is 6.92 Å². The van der Waals surface area contributed by atoms with E-state index in [4.69, 9.17) is 22.6 Å². The summed E-state index contributed by atoms with van der Waals surface area (Å²) < 4.78 is 9.39. The Morgan fingerprint density at radius 3 is 2.07 bits per heavy atom. The monoisotopic (exact) mass is 426 g/mol. The number of rotatable bonds is 11. The maximum Gasteiger partial charge on any atom is 0.399 e. The second kappa shape index (κ2) is 10.5. The Labute approximate surface area is 161 Å². The average Bonchev–Trinajstić information content (AvgIpc) is 2.57. The summed E-state index contributed by atoms with van der Waals surface area (Å²) >= 11 is 0. The number of imide groups is 1. The standard InChI is InChI=1S/C13H28N7O7P/c1-3-5-9(14)11(21)20(19(23)24,8(2)28(25,26)27)12(22)10(15)6-4-7-18-13(16)17/h8-10H,3-7,14-15H2,1-2H3,(H5-,16,17,18,25,26,27)/p+1/t8-,9+,10+,20?/m1/s1. The molecule has 0 aromatic carbocycles. The zero-order chi connectivity index (χ0) is 22.3. The normalized spacial score (nSPS) is 17.1. The van der Waals surface area contributed by atoms with Gasteiger partial charge in [0.05, 0.1) is 4.59 Å². The lowest BCUT2D eigenvalue weighted by atomic mass is 10.1. The van der Waals surface area contributed by atoms with Crippen molar-refractivity contribution in [2.24, 2.45) is 17.2 Å². The predicted octanol–water partition coefficient (Wildman–Crippen LogP) is -1.71. The van der Waals surface area contributed by atoms with Gasteiger partial charge < -0.3 is 32.3 Å². The first-order valence-electron chi connectivity index (χ1n) is 8.51. The van der Waals surface area contributed by atoms with Crippen LogP contribution >= 0.6 is 7.60 Å². The van der Waals surface area contributed by atoms with Crippen molar-refractivity contribution >= 4 is 25.4 Å². The van der Waals surface area contributed by atoms with Crippen LogP contribution in [0, 0.1) is 15.5 Å². The molecular formula is C13H29N7O7P+. The molecule has 2 amide bonds. The van der Waals surface area contributed by atoms with Gasteiger partial charge in [0.15, 0.2) is 5.96 Å². The van der Waals surface area contributed by atoms with Crippen molar-refractivity contribution in [3.8, 4) is 0 Å². The van der Waals surface area contributed by atoms with E-state index in [9.17, 15) is 34.1 Å².